The first-order valence-corrected chi connectivity index (χ1v) is 15.0. The number of unbranched alkanes of at least 4 members (excludes halogenated alkanes) is 1. The number of aliphatic imine (C=N–C) groups is 1. The highest BCUT2D eigenvalue weighted by Gasteiger charge is 2.50. The van der Waals surface area contributed by atoms with E-state index in [0.717, 1.165) is 72.2 Å². The molecule has 4 N–H and O–H groups in total. The van der Waals surface area contributed by atoms with Crippen molar-refractivity contribution < 1.29 is 34.8 Å². The Kier molecular flexibility index (Phi) is 8.29. The number of nitrogens with zero attached hydrogens (tertiary/aromatic N) is 6. The average Bonchev–Trinajstić information content (AvgIpc) is 3.77. The van der Waals surface area contributed by atoms with Gasteiger partial charge in [-0.05, 0) is 46.4 Å². The number of aliphatic hydroxyl groups is 3. The van der Waals surface area contributed by atoms with Crippen LogP contribution in [0.15, 0.2) is 53.5 Å². The molecule has 13 nitrogen and oxygen atoms in total. The highest BCUT2D eigenvalue weighted by atomic mass is 16.6. The second-order valence-corrected chi connectivity index (χ2v) is 11.7. The number of rotatable bonds is 9. The molecule has 2 aliphatic heterocycles. The number of amides is 1. The van der Waals surface area contributed by atoms with Crippen molar-refractivity contribution >= 4 is 17.7 Å². The van der Waals surface area contributed by atoms with E-state index in [4.69, 9.17) is 9.73 Å². The van der Waals surface area contributed by atoms with Gasteiger partial charge >= 0.3 is 5.97 Å². The van der Waals surface area contributed by atoms with Crippen LogP contribution in [0, 0.1) is 0 Å². The van der Waals surface area contributed by atoms with Gasteiger partial charge in [0.15, 0.2) is 18.2 Å². The molecule has 0 bridgehead atoms. The minimum absolute atomic E-state index is 0.109. The normalized spacial score (nSPS) is 26.4. The van der Waals surface area contributed by atoms with Crippen molar-refractivity contribution in [2.24, 2.45) is 4.99 Å². The topological polar surface area (TPSA) is 183 Å². The third kappa shape index (κ3) is 5.30. The van der Waals surface area contributed by atoms with Crippen LogP contribution >= 0.6 is 0 Å². The minimum atomic E-state index is -1.84. The highest BCUT2D eigenvalue weighted by molar-refractivity contribution is 6.08. The quantitative estimate of drug-likeness (QED) is 0.283. The van der Waals surface area contributed by atoms with Gasteiger partial charge < -0.3 is 25.2 Å². The third-order valence-electron chi connectivity index (χ3n) is 8.82. The number of benzene rings is 2. The number of aromatic nitrogens is 4. The Balaban J connectivity index is 1.26. The standard InChI is InChI=1S/C31H36N6O7/c1-2-3-10-22-32-31(15-6-7-16-31)30(43)36(22)17-18-11-13-19(14-12-18)20-8-4-5-9-21(20)27-33-34-35-37(27)28-25(40)23(38)24(39)26(44-28)29(41)42/h4-5,8-9,11-14,23-26,28,38-40H,2-3,6-7,10,15-17H2,1H3,(H,41,42). The Morgan fingerprint density at radius 2 is 1.70 bits per heavy atom. The molecular formula is C31H36N6O7. The van der Waals surface area contributed by atoms with Gasteiger partial charge in [-0.2, -0.15) is 4.68 Å². The largest absolute Gasteiger partial charge is 0.479 e. The van der Waals surface area contributed by atoms with Crippen molar-refractivity contribution in [2.45, 2.75) is 94.6 Å². The molecule has 0 radical (unpaired) electrons. The lowest BCUT2D eigenvalue weighted by atomic mass is 9.96. The van der Waals surface area contributed by atoms with Gasteiger partial charge in [0.2, 0.25) is 0 Å². The van der Waals surface area contributed by atoms with Crippen molar-refractivity contribution in [3.63, 3.8) is 0 Å². The van der Waals surface area contributed by atoms with Gasteiger partial charge in [-0.1, -0.05) is 74.7 Å². The molecule has 6 rings (SSSR count). The molecule has 2 aromatic carbocycles. The number of carbonyl (C=O) groups excluding carboxylic acids is 1. The van der Waals surface area contributed by atoms with Crippen molar-refractivity contribution in [3.8, 4) is 22.5 Å². The summed E-state index contributed by atoms with van der Waals surface area (Å²) >= 11 is 0. The maximum atomic E-state index is 13.6. The molecule has 1 aromatic heterocycles. The summed E-state index contributed by atoms with van der Waals surface area (Å²) in [7, 11) is 0. The zero-order valence-corrected chi connectivity index (χ0v) is 24.4. The molecule has 1 saturated carbocycles. The lowest BCUT2D eigenvalue weighted by molar-refractivity contribution is -0.249. The maximum Gasteiger partial charge on any atom is 0.335 e. The van der Waals surface area contributed by atoms with Gasteiger partial charge in [0.25, 0.3) is 5.91 Å². The smallest absolute Gasteiger partial charge is 0.335 e. The molecule has 5 unspecified atom stereocenters. The summed E-state index contributed by atoms with van der Waals surface area (Å²) in [6, 6.07) is 15.1. The zero-order valence-electron chi connectivity index (χ0n) is 24.4. The summed E-state index contributed by atoms with van der Waals surface area (Å²) in [6.07, 6.45) is -2.13. The molecule has 1 saturated heterocycles. The monoisotopic (exact) mass is 604 g/mol. The van der Waals surface area contributed by atoms with E-state index in [1.807, 2.05) is 41.3 Å². The Hall–Kier alpha value is -4.04. The molecule has 2 fully saturated rings. The summed E-state index contributed by atoms with van der Waals surface area (Å²) in [5, 5.41) is 52.3. The Morgan fingerprint density at radius 3 is 2.39 bits per heavy atom. The summed E-state index contributed by atoms with van der Waals surface area (Å²) < 4.78 is 6.58. The first-order chi connectivity index (χ1) is 21.2. The maximum absolute atomic E-state index is 13.6. The summed E-state index contributed by atoms with van der Waals surface area (Å²) in [4.78, 5) is 32.0. The second kappa shape index (κ2) is 12.2. The van der Waals surface area contributed by atoms with E-state index in [2.05, 4.69) is 22.4 Å². The van der Waals surface area contributed by atoms with Gasteiger partial charge in [-0.3, -0.25) is 14.7 Å². The van der Waals surface area contributed by atoms with Gasteiger partial charge in [-0.25, -0.2) is 4.79 Å². The van der Waals surface area contributed by atoms with Crippen molar-refractivity contribution in [1.29, 1.82) is 0 Å². The molecule has 1 aliphatic carbocycles. The van der Waals surface area contributed by atoms with Gasteiger partial charge in [0.1, 0.15) is 29.7 Å². The Labute approximate surface area is 253 Å². The number of aliphatic carboxylic acids is 1. The molecular weight excluding hydrogens is 568 g/mol. The van der Waals surface area contributed by atoms with Crippen LogP contribution in [0.3, 0.4) is 0 Å². The lowest BCUT2D eigenvalue weighted by Gasteiger charge is -2.38. The average molecular weight is 605 g/mol. The van der Waals surface area contributed by atoms with Crippen LogP contribution in [-0.2, 0) is 20.9 Å². The fraction of sp³-hybridized carbons (Fsp3) is 0.484. The zero-order chi connectivity index (χ0) is 31.0. The number of carboxylic acids is 1. The van der Waals surface area contributed by atoms with Crippen molar-refractivity contribution in [3.05, 3.63) is 54.1 Å². The number of aliphatic hydroxyl groups excluding tert-OH is 3. The number of ether oxygens (including phenoxy) is 1. The summed E-state index contributed by atoms with van der Waals surface area (Å²) in [6.45, 7) is 2.58. The van der Waals surface area contributed by atoms with Crippen LogP contribution < -0.4 is 0 Å². The molecule has 5 atom stereocenters. The Morgan fingerprint density at radius 1 is 1.00 bits per heavy atom. The van der Waals surface area contributed by atoms with E-state index in [1.54, 1.807) is 12.1 Å². The highest BCUT2D eigenvalue weighted by Crippen LogP contribution is 2.40. The third-order valence-corrected chi connectivity index (χ3v) is 8.82. The number of amidine groups is 1. The number of tetrazole rings is 1. The van der Waals surface area contributed by atoms with Gasteiger partial charge in [0, 0.05) is 12.0 Å². The van der Waals surface area contributed by atoms with Crippen LogP contribution in [0.5, 0.6) is 0 Å². The summed E-state index contributed by atoms with van der Waals surface area (Å²) in [5.41, 5.74) is 2.54. The second-order valence-electron chi connectivity index (χ2n) is 11.7. The van der Waals surface area contributed by atoms with Crippen molar-refractivity contribution in [2.75, 3.05) is 0 Å². The van der Waals surface area contributed by atoms with Crippen LogP contribution in [0.4, 0.5) is 0 Å². The fourth-order valence-corrected chi connectivity index (χ4v) is 6.41. The van der Waals surface area contributed by atoms with Crippen LogP contribution in [0.1, 0.15) is 63.7 Å². The van der Waals surface area contributed by atoms with Crippen LogP contribution in [-0.4, -0.2) is 93.2 Å². The molecule has 3 heterocycles. The lowest BCUT2D eigenvalue weighted by Crippen LogP contribution is -2.58. The van der Waals surface area contributed by atoms with Crippen molar-refractivity contribution in [1.82, 2.24) is 25.1 Å². The number of hydrogen-bond donors (Lipinski definition) is 4. The molecule has 1 spiro atoms. The SMILES string of the molecule is CCCCC1=NC2(CCCC2)C(=O)N1Cc1ccc(-c2ccccc2-c2nnnn2C2OC(C(=O)O)C(O)C(O)C2O)cc1. The van der Waals surface area contributed by atoms with Crippen LogP contribution in [0.2, 0.25) is 0 Å². The van der Waals surface area contributed by atoms with Gasteiger partial charge in [-0.15, -0.1) is 5.10 Å². The predicted molar refractivity (Wildman–Crippen MR) is 157 cm³/mol. The first kappa shape index (κ1) is 30.0. The molecule has 1 amide bonds. The fourth-order valence-electron chi connectivity index (χ4n) is 6.41. The molecule has 13 heteroatoms. The van der Waals surface area contributed by atoms with E-state index < -0.39 is 42.2 Å². The Bertz CT molecular complexity index is 1550. The number of carbonyl (C=O) groups is 2. The summed E-state index contributed by atoms with van der Waals surface area (Å²) in [5.74, 6) is -0.337. The number of hydrogen-bond acceptors (Lipinski definition) is 10. The number of carboxylic acid groups (broad SMARTS) is 1. The van der Waals surface area contributed by atoms with E-state index in [1.165, 1.54) is 0 Å². The van der Waals surface area contributed by atoms with E-state index >= 15 is 0 Å². The molecule has 3 aliphatic rings. The van der Waals surface area contributed by atoms with E-state index in [9.17, 15) is 30.0 Å². The predicted octanol–water partition coefficient (Wildman–Crippen LogP) is 2.32. The molecule has 232 valence electrons. The molecule has 44 heavy (non-hydrogen) atoms. The van der Waals surface area contributed by atoms with E-state index in [0.29, 0.717) is 12.1 Å². The van der Waals surface area contributed by atoms with Gasteiger partial charge in [0.05, 0.1) is 6.54 Å². The minimum Gasteiger partial charge on any atom is -0.479 e. The first-order valence-electron chi connectivity index (χ1n) is 15.0. The molecule has 3 aromatic rings. The van der Waals surface area contributed by atoms with Crippen LogP contribution in [0.25, 0.3) is 22.5 Å². The van der Waals surface area contributed by atoms with E-state index in [-0.39, 0.29) is 11.7 Å².